The second-order valence-electron chi connectivity index (χ2n) is 8.74. The lowest BCUT2D eigenvalue weighted by atomic mass is 9.94. The first kappa shape index (κ1) is 25.0. The van der Waals surface area contributed by atoms with Gasteiger partial charge in [-0.25, -0.2) is 0 Å². The van der Waals surface area contributed by atoms with Gasteiger partial charge >= 0.3 is 11.9 Å². The van der Waals surface area contributed by atoms with Crippen molar-refractivity contribution in [2.24, 2.45) is 0 Å². The molecule has 0 spiro atoms. The maximum absolute atomic E-state index is 12.3. The van der Waals surface area contributed by atoms with Gasteiger partial charge in [0.25, 0.3) is 0 Å². The molecule has 1 fully saturated rings. The minimum atomic E-state index is -0.169. The Morgan fingerprint density at radius 3 is 1.61 bits per heavy atom. The highest BCUT2D eigenvalue weighted by Gasteiger charge is 2.22. The molecule has 0 amide bonds. The Morgan fingerprint density at radius 2 is 1.15 bits per heavy atom. The van der Waals surface area contributed by atoms with E-state index in [0.717, 1.165) is 25.7 Å². The third-order valence-corrected chi connectivity index (χ3v) is 6.29. The molecular weight excluding hydrogens is 414 g/mol. The molecule has 0 saturated heterocycles. The monoisotopic (exact) mass is 451 g/mol. The van der Waals surface area contributed by atoms with Crippen LogP contribution in [0.15, 0.2) is 60.7 Å². The van der Waals surface area contributed by atoms with Gasteiger partial charge in [-0.15, -0.1) is 0 Å². The van der Waals surface area contributed by atoms with E-state index < -0.39 is 0 Å². The van der Waals surface area contributed by atoms with Crippen LogP contribution in [0.4, 0.5) is 0 Å². The maximum atomic E-state index is 12.3. The summed E-state index contributed by atoms with van der Waals surface area (Å²) >= 11 is 0. The van der Waals surface area contributed by atoms with Gasteiger partial charge in [0.2, 0.25) is 0 Å². The minimum Gasteiger partial charge on any atom is -0.465 e. The Morgan fingerprint density at radius 1 is 0.697 bits per heavy atom. The number of carbonyl (C=O) groups is 2. The summed E-state index contributed by atoms with van der Waals surface area (Å²) < 4.78 is 10.9. The van der Waals surface area contributed by atoms with E-state index >= 15 is 0 Å². The molecular formula is C28H37NO4. The van der Waals surface area contributed by atoms with Crippen LogP contribution in [-0.2, 0) is 31.9 Å². The molecule has 1 saturated carbocycles. The second-order valence-corrected chi connectivity index (χ2v) is 8.74. The van der Waals surface area contributed by atoms with Crippen LogP contribution in [0, 0.1) is 0 Å². The van der Waals surface area contributed by atoms with Crippen molar-refractivity contribution in [3.8, 4) is 0 Å². The summed E-state index contributed by atoms with van der Waals surface area (Å²) in [5.74, 6) is -0.339. The van der Waals surface area contributed by atoms with E-state index in [4.69, 9.17) is 9.47 Å². The number of esters is 2. The Labute approximate surface area is 198 Å². The molecule has 178 valence electrons. The summed E-state index contributed by atoms with van der Waals surface area (Å²) in [6, 6.07) is 20.5. The first-order valence-electron chi connectivity index (χ1n) is 12.3. The third-order valence-electron chi connectivity index (χ3n) is 6.29. The van der Waals surface area contributed by atoms with Crippen molar-refractivity contribution in [2.45, 2.75) is 63.8 Å². The molecule has 2 aromatic rings. The lowest BCUT2D eigenvalue weighted by Gasteiger charge is -2.34. The van der Waals surface area contributed by atoms with Crippen molar-refractivity contribution in [2.75, 3.05) is 26.3 Å². The van der Waals surface area contributed by atoms with E-state index in [9.17, 15) is 9.59 Å². The second kappa shape index (κ2) is 14.5. The quantitative estimate of drug-likeness (QED) is 0.402. The zero-order valence-corrected chi connectivity index (χ0v) is 19.6. The third kappa shape index (κ3) is 9.79. The number of carbonyl (C=O) groups excluding carboxylic acids is 2. The van der Waals surface area contributed by atoms with Crippen molar-refractivity contribution in [3.63, 3.8) is 0 Å². The molecule has 0 N–H and O–H groups in total. The molecule has 1 aliphatic carbocycles. The molecule has 0 radical (unpaired) electrons. The lowest BCUT2D eigenvalue weighted by molar-refractivity contribution is -0.144. The molecule has 1 aliphatic rings. The Hall–Kier alpha value is -2.66. The molecule has 3 rings (SSSR count). The number of ether oxygens (including phenoxy) is 2. The smallest absolute Gasteiger partial charge is 0.307 e. The average molecular weight is 452 g/mol. The van der Waals surface area contributed by atoms with E-state index in [0.29, 0.717) is 45.2 Å². The Bertz CT molecular complexity index is 757. The van der Waals surface area contributed by atoms with Crippen molar-refractivity contribution in [1.29, 1.82) is 0 Å². The Kier molecular flexibility index (Phi) is 11.0. The Balaban J connectivity index is 1.38. The highest BCUT2D eigenvalue weighted by Crippen LogP contribution is 2.23. The molecule has 2 aromatic carbocycles. The number of rotatable bonds is 13. The zero-order valence-electron chi connectivity index (χ0n) is 19.6. The molecule has 0 heterocycles. The number of hydrogen-bond donors (Lipinski definition) is 0. The molecule has 0 aromatic heterocycles. The number of nitrogens with zero attached hydrogens (tertiary/aromatic N) is 1. The van der Waals surface area contributed by atoms with Gasteiger partial charge < -0.3 is 9.47 Å². The van der Waals surface area contributed by atoms with Gasteiger partial charge in [-0.05, 0) is 24.0 Å². The predicted octanol–water partition coefficient (Wildman–Crippen LogP) is 4.97. The molecule has 0 unspecified atom stereocenters. The van der Waals surface area contributed by atoms with Crippen LogP contribution in [0.1, 0.15) is 56.1 Å². The summed E-state index contributed by atoms with van der Waals surface area (Å²) in [6.07, 6.45) is 8.13. The molecule has 5 heteroatoms. The minimum absolute atomic E-state index is 0.169. The van der Waals surface area contributed by atoms with Crippen LogP contribution in [0.5, 0.6) is 0 Å². The van der Waals surface area contributed by atoms with E-state index in [-0.39, 0.29) is 11.9 Å². The van der Waals surface area contributed by atoms with Crippen LogP contribution >= 0.6 is 0 Å². The van der Waals surface area contributed by atoms with Crippen LogP contribution < -0.4 is 0 Å². The summed E-state index contributed by atoms with van der Waals surface area (Å²) in [6.45, 7) is 2.07. The fourth-order valence-corrected chi connectivity index (χ4v) is 4.39. The van der Waals surface area contributed by atoms with Gasteiger partial charge in [-0.3, -0.25) is 14.5 Å². The van der Waals surface area contributed by atoms with Crippen LogP contribution in [-0.4, -0.2) is 49.2 Å². The van der Waals surface area contributed by atoms with Gasteiger partial charge in [0, 0.05) is 32.0 Å². The predicted molar refractivity (Wildman–Crippen MR) is 130 cm³/mol. The highest BCUT2D eigenvalue weighted by molar-refractivity contribution is 5.70. The van der Waals surface area contributed by atoms with Gasteiger partial charge in [0.15, 0.2) is 0 Å². The van der Waals surface area contributed by atoms with Crippen LogP contribution in [0.2, 0.25) is 0 Å². The molecule has 0 bridgehead atoms. The van der Waals surface area contributed by atoms with Crippen molar-refractivity contribution in [1.82, 2.24) is 4.90 Å². The lowest BCUT2D eigenvalue weighted by Crippen LogP contribution is -2.39. The molecule has 33 heavy (non-hydrogen) atoms. The zero-order chi connectivity index (χ0) is 23.1. The maximum Gasteiger partial charge on any atom is 0.307 e. The summed E-state index contributed by atoms with van der Waals surface area (Å²) in [5.41, 5.74) is 2.33. The molecule has 5 nitrogen and oxygen atoms in total. The first-order chi connectivity index (χ1) is 16.2. The SMILES string of the molecule is O=C(CCN(CCC(=O)OCCc1ccccc1)C1CCCCC1)OCCc1ccccc1. The topological polar surface area (TPSA) is 55.8 Å². The highest BCUT2D eigenvalue weighted by atomic mass is 16.5. The van der Waals surface area contributed by atoms with E-state index in [1.165, 1.54) is 30.4 Å². The molecule has 0 aliphatic heterocycles. The van der Waals surface area contributed by atoms with Crippen molar-refractivity contribution in [3.05, 3.63) is 71.8 Å². The fourth-order valence-electron chi connectivity index (χ4n) is 4.39. The van der Waals surface area contributed by atoms with Gasteiger partial charge in [0.05, 0.1) is 26.1 Å². The van der Waals surface area contributed by atoms with Crippen molar-refractivity contribution < 1.29 is 19.1 Å². The van der Waals surface area contributed by atoms with Crippen LogP contribution in [0.25, 0.3) is 0 Å². The summed E-state index contributed by atoms with van der Waals surface area (Å²) in [4.78, 5) is 26.9. The summed E-state index contributed by atoms with van der Waals surface area (Å²) in [5, 5.41) is 0. The van der Waals surface area contributed by atoms with Gasteiger partial charge in [-0.1, -0.05) is 79.9 Å². The number of benzene rings is 2. The molecule has 0 atom stereocenters. The van der Waals surface area contributed by atoms with E-state index in [2.05, 4.69) is 4.90 Å². The largest absolute Gasteiger partial charge is 0.465 e. The fraction of sp³-hybridized carbons (Fsp3) is 0.500. The van der Waals surface area contributed by atoms with E-state index in [1.54, 1.807) is 0 Å². The summed E-state index contributed by atoms with van der Waals surface area (Å²) in [7, 11) is 0. The van der Waals surface area contributed by atoms with Crippen LogP contribution in [0.3, 0.4) is 0 Å². The number of hydrogen-bond acceptors (Lipinski definition) is 5. The standard InChI is InChI=1S/C28H37NO4/c30-27(32-22-18-24-10-4-1-5-11-24)16-20-29(26-14-8-3-9-15-26)21-17-28(31)33-23-19-25-12-6-2-7-13-25/h1-2,4-7,10-13,26H,3,8-9,14-23H2. The first-order valence-corrected chi connectivity index (χ1v) is 12.3. The van der Waals surface area contributed by atoms with E-state index in [1.807, 2.05) is 60.7 Å². The van der Waals surface area contributed by atoms with Gasteiger partial charge in [-0.2, -0.15) is 0 Å². The van der Waals surface area contributed by atoms with Gasteiger partial charge in [0.1, 0.15) is 0 Å². The average Bonchev–Trinajstić information content (AvgIpc) is 2.86. The normalized spacial score (nSPS) is 14.2. The van der Waals surface area contributed by atoms with Crippen molar-refractivity contribution >= 4 is 11.9 Å².